The number of rotatable bonds is 8. The highest BCUT2D eigenvalue weighted by Crippen LogP contribution is 2.26. The van der Waals surface area contributed by atoms with Gasteiger partial charge in [0.25, 0.3) is 11.5 Å². The average molecular weight is 422 g/mol. The number of methoxy groups -OCH3 is 1. The average Bonchev–Trinajstić information content (AvgIpc) is 2.78. The molecular weight excluding hydrogens is 403 g/mol. The smallest absolute Gasteiger partial charge is 0.269 e. The molecule has 0 fully saturated rings. The Kier molecular flexibility index (Phi) is 7.09. The molecule has 3 aromatic rings. The summed E-state index contributed by atoms with van der Waals surface area (Å²) in [7, 11) is 1.54. The molecule has 1 amide bonds. The molecule has 1 aromatic carbocycles. The van der Waals surface area contributed by atoms with E-state index in [0.717, 1.165) is 6.08 Å². The van der Waals surface area contributed by atoms with Crippen LogP contribution in [0.3, 0.4) is 0 Å². The van der Waals surface area contributed by atoms with Gasteiger partial charge in [0, 0.05) is 26.5 Å². The predicted octanol–water partition coefficient (Wildman–Crippen LogP) is 2.69. The molecule has 8 nitrogen and oxygen atoms in total. The van der Waals surface area contributed by atoms with E-state index in [1.165, 1.54) is 28.8 Å². The summed E-state index contributed by atoms with van der Waals surface area (Å²) >= 11 is 0. The number of para-hydroxylation sites is 1. The van der Waals surface area contributed by atoms with Crippen molar-refractivity contribution < 1.29 is 18.7 Å². The van der Waals surface area contributed by atoms with Crippen LogP contribution in [0.4, 0.5) is 4.39 Å². The quantitative estimate of drug-likeness (QED) is 0.340. The van der Waals surface area contributed by atoms with Crippen LogP contribution in [0, 0.1) is 17.1 Å². The van der Waals surface area contributed by atoms with E-state index in [9.17, 15) is 19.2 Å². The van der Waals surface area contributed by atoms with E-state index in [-0.39, 0.29) is 28.4 Å². The summed E-state index contributed by atoms with van der Waals surface area (Å²) in [5, 5.41) is 12.0. The number of nitrogens with one attached hydrogen (secondary N) is 1. The second-order valence-electron chi connectivity index (χ2n) is 6.37. The van der Waals surface area contributed by atoms with E-state index >= 15 is 0 Å². The third-order valence-electron chi connectivity index (χ3n) is 4.24. The van der Waals surface area contributed by atoms with Crippen LogP contribution in [-0.4, -0.2) is 35.6 Å². The molecule has 0 saturated heterocycles. The van der Waals surface area contributed by atoms with Gasteiger partial charge < -0.3 is 14.8 Å². The minimum atomic E-state index is -0.659. The highest BCUT2D eigenvalue weighted by Gasteiger charge is 2.18. The zero-order chi connectivity index (χ0) is 22.2. The molecule has 31 heavy (non-hydrogen) atoms. The highest BCUT2D eigenvalue weighted by atomic mass is 19.1. The van der Waals surface area contributed by atoms with Gasteiger partial charge in [0.2, 0.25) is 5.88 Å². The lowest BCUT2D eigenvalue weighted by Crippen LogP contribution is -2.27. The lowest BCUT2D eigenvalue weighted by atomic mass is 10.1. The van der Waals surface area contributed by atoms with Gasteiger partial charge in [-0.15, -0.1) is 0 Å². The fourth-order valence-electron chi connectivity index (χ4n) is 2.72. The summed E-state index contributed by atoms with van der Waals surface area (Å²) in [6.07, 6.45) is 3.14. The Hall–Kier alpha value is -4.03. The molecule has 0 saturated carbocycles. The van der Waals surface area contributed by atoms with Gasteiger partial charge in [-0.2, -0.15) is 10.2 Å². The van der Waals surface area contributed by atoms with Crippen molar-refractivity contribution in [2.24, 2.45) is 0 Å². The van der Waals surface area contributed by atoms with Crippen molar-refractivity contribution in [1.82, 2.24) is 14.7 Å². The Bertz CT molecular complexity index is 1230. The number of amides is 1. The number of hydrogen-bond acceptors (Lipinski definition) is 6. The second kappa shape index (κ2) is 10.1. The first kappa shape index (κ1) is 21.7. The molecule has 0 unspecified atom stereocenters. The number of halogens is 1. The Morgan fingerprint density at radius 3 is 2.81 bits per heavy atom. The first-order valence-corrected chi connectivity index (χ1v) is 9.38. The summed E-state index contributed by atoms with van der Waals surface area (Å²) in [6, 6.07) is 12.3. The molecule has 3 rings (SSSR count). The first-order chi connectivity index (χ1) is 15.0. The summed E-state index contributed by atoms with van der Waals surface area (Å²) in [4.78, 5) is 29.7. The third kappa shape index (κ3) is 5.12. The Labute approximate surface area is 177 Å². The van der Waals surface area contributed by atoms with Crippen LogP contribution in [0.5, 0.6) is 11.6 Å². The van der Waals surface area contributed by atoms with Gasteiger partial charge in [-0.05, 0) is 36.8 Å². The largest absolute Gasteiger partial charge is 0.435 e. The van der Waals surface area contributed by atoms with Gasteiger partial charge in [0.05, 0.1) is 0 Å². The summed E-state index contributed by atoms with van der Waals surface area (Å²) in [5.41, 5.74) is -0.781. The van der Waals surface area contributed by atoms with Crippen molar-refractivity contribution in [3.63, 3.8) is 0 Å². The number of carbonyl (C=O) groups is 1. The monoisotopic (exact) mass is 422 g/mol. The standard InChI is InChI=1S/C22H19FN4O4/c1-30-12-6-10-25-20(28)15(14-24)13-16-21(31-18-8-3-2-7-17(18)23)26-19-9-4-5-11-27(19)22(16)29/h2-5,7-9,11,13H,6,10,12H2,1H3,(H,25,28). The van der Waals surface area contributed by atoms with Gasteiger partial charge in [0.1, 0.15) is 22.9 Å². The van der Waals surface area contributed by atoms with E-state index in [1.54, 1.807) is 37.4 Å². The van der Waals surface area contributed by atoms with Crippen LogP contribution in [-0.2, 0) is 9.53 Å². The SMILES string of the molecule is COCCCNC(=O)C(C#N)=Cc1c(Oc2ccccc2F)nc2ccccn2c1=O. The van der Waals surface area contributed by atoms with Crippen molar-refractivity contribution in [2.75, 3.05) is 20.3 Å². The normalized spacial score (nSPS) is 11.2. The zero-order valence-corrected chi connectivity index (χ0v) is 16.7. The van der Waals surface area contributed by atoms with E-state index in [1.807, 2.05) is 0 Å². The van der Waals surface area contributed by atoms with Gasteiger partial charge in [0.15, 0.2) is 11.6 Å². The lowest BCUT2D eigenvalue weighted by Gasteiger charge is -2.11. The van der Waals surface area contributed by atoms with Crippen LogP contribution in [0.1, 0.15) is 12.0 Å². The van der Waals surface area contributed by atoms with E-state index in [2.05, 4.69) is 10.3 Å². The minimum Gasteiger partial charge on any atom is -0.435 e. The molecule has 0 spiro atoms. The third-order valence-corrected chi connectivity index (χ3v) is 4.24. The second-order valence-corrected chi connectivity index (χ2v) is 6.37. The van der Waals surface area contributed by atoms with Crippen molar-refractivity contribution >= 4 is 17.6 Å². The molecule has 0 aliphatic rings. The van der Waals surface area contributed by atoms with Crippen molar-refractivity contribution in [2.45, 2.75) is 6.42 Å². The number of carbonyl (C=O) groups excluding carboxylic acids is 1. The fraction of sp³-hybridized carbons (Fsp3) is 0.182. The predicted molar refractivity (Wildman–Crippen MR) is 111 cm³/mol. The lowest BCUT2D eigenvalue weighted by molar-refractivity contribution is -0.117. The van der Waals surface area contributed by atoms with Crippen LogP contribution >= 0.6 is 0 Å². The fourth-order valence-corrected chi connectivity index (χ4v) is 2.72. The molecule has 0 bridgehead atoms. The number of nitriles is 1. The van der Waals surface area contributed by atoms with Gasteiger partial charge in [-0.1, -0.05) is 18.2 Å². The Morgan fingerprint density at radius 1 is 1.29 bits per heavy atom. The topological polar surface area (TPSA) is 106 Å². The summed E-state index contributed by atoms with van der Waals surface area (Å²) < 4.78 is 25.8. The molecule has 1 N–H and O–H groups in total. The van der Waals surface area contributed by atoms with Gasteiger partial charge >= 0.3 is 0 Å². The van der Waals surface area contributed by atoms with Crippen LogP contribution < -0.4 is 15.6 Å². The number of pyridine rings is 1. The zero-order valence-electron chi connectivity index (χ0n) is 16.7. The van der Waals surface area contributed by atoms with E-state index in [4.69, 9.17) is 9.47 Å². The number of benzene rings is 1. The number of hydrogen-bond donors (Lipinski definition) is 1. The van der Waals surface area contributed by atoms with Crippen LogP contribution in [0.2, 0.25) is 0 Å². The molecule has 0 aliphatic heterocycles. The molecule has 0 atom stereocenters. The molecular formula is C22H19FN4O4. The molecule has 0 radical (unpaired) electrons. The Morgan fingerprint density at radius 2 is 2.06 bits per heavy atom. The van der Waals surface area contributed by atoms with Crippen molar-refractivity contribution in [1.29, 1.82) is 5.26 Å². The maximum atomic E-state index is 14.1. The highest BCUT2D eigenvalue weighted by molar-refractivity contribution is 6.01. The van der Waals surface area contributed by atoms with Crippen LogP contribution in [0.15, 0.2) is 59.0 Å². The van der Waals surface area contributed by atoms with E-state index in [0.29, 0.717) is 19.6 Å². The van der Waals surface area contributed by atoms with Gasteiger partial charge in [-0.3, -0.25) is 14.0 Å². The minimum absolute atomic E-state index is 0.146. The molecule has 158 valence electrons. The van der Waals surface area contributed by atoms with Crippen LogP contribution in [0.25, 0.3) is 11.7 Å². The number of aromatic nitrogens is 2. The maximum Gasteiger partial charge on any atom is 0.269 e. The first-order valence-electron chi connectivity index (χ1n) is 9.38. The number of fused-ring (bicyclic) bond motifs is 1. The summed E-state index contributed by atoms with van der Waals surface area (Å²) in [6.45, 7) is 0.738. The summed E-state index contributed by atoms with van der Waals surface area (Å²) in [5.74, 6) is -1.68. The number of ether oxygens (including phenoxy) is 2. The van der Waals surface area contributed by atoms with Gasteiger partial charge in [-0.25, -0.2) is 4.39 Å². The Balaban J connectivity index is 2.06. The van der Waals surface area contributed by atoms with Crippen molar-refractivity contribution in [3.05, 3.63) is 76.0 Å². The van der Waals surface area contributed by atoms with E-state index < -0.39 is 17.3 Å². The molecule has 9 heteroatoms. The molecule has 2 aromatic heterocycles. The molecule has 0 aliphatic carbocycles. The van der Waals surface area contributed by atoms with Crippen molar-refractivity contribution in [3.8, 4) is 17.7 Å². The molecule has 2 heterocycles. The maximum absolute atomic E-state index is 14.1. The number of nitrogens with zero attached hydrogens (tertiary/aromatic N) is 3.